The molecule has 2 N–H and O–H groups in total. The zero-order chi connectivity index (χ0) is 13.9. The van der Waals surface area contributed by atoms with Gasteiger partial charge in [0.2, 0.25) is 0 Å². The minimum Gasteiger partial charge on any atom is -0.330 e. The number of likely N-dealkylation sites (tertiary alicyclic amines) is 1. The van der Waals surface area contributed by atoms with Gasteiger partial charge in [-0.25, -0.2) is 4.98 Å². The van der Waals surface area contributed by atoms with E-state index in [4.69, 9.17) is 5.73 Å². The molecule has 1 fully saturated rings. The quantitative estimate of drug-likeness (QED) is 0.944. The maximum atomic E-state index is 12.6. The molecule has 1 aromatic heterocycles. The number of halogens is 1. The molecule has 112 valence electrons. The first-order valence-electron chi connectivity index (χ1n) is 6.80. The fourth-order valence-electron chi connectivity index (χ4n) is 2.68. The summed E-state index contributed by atoms with van der Waals surface area (Å²) in [4.78, 5) is 18.8. The summed E-state index contributed by atoms with van der Waals surface area (Å²) in [7, 11) is 0. The molecule has 0 spiro atoms. The van der Waals surface area contributed by atoms with Crippen molar-refractivity contribution in [1.82, 2.24) is 9.88 Å². The van der Waals surface area contributed by atoms with Crippen LogP contribution in [0.3, 0.4) is 0 Å². The van der Waals surface area contributed by atoms with Crippen molar-refractivity contribution in [2.75, 3.05) is 6.54 Å². The standard InChI is InChI=1S/C15H17N3OS.ClH/c16-9-14-17-12(10-20-14)15(19)18-8-4-7-13(18)11-5-2-1-3-6-11;/h1-3,5-6,10,13H,4,7-9,16H2;1H. The van der Waals surface area contributed by atoms with E-state index in [9.17, 15) is 4.79 Å². The van der Waals surface area contributed by atoms with E-state index < -0.39 is 0 Å². The molecule has 1 saturated heterocycles. The summed E-state index contributed by atoms with van der Waals surface area (Å²) in [6, 6.07) is 10.4. The molecule has 1 aliphatic heterocycles. The first-order chi connectivity index (χ1) is 9.79. The SMILES string of the molecule is Cl.NCc1nc(C(=O)N2CCCC2c2ccccc2)cs1. The zero-order valence-corrected chi connectivity index (χ0v) is 13.2. The van der Waals surface area contributed by atoms with Crippen LogP contribution in [0.2, 0.25) is 0 Å². The van der Waals surface area contributed by atoms with E-state index >= 15 is 0 Å². The average molecular weight is 324 g/mol. The monoisotopic (exact) mass is 323 g/mol. The first kappa shape index (κ1) is 15.9. The molecule has 4 nitrogen and oxygen atoms in total. The van der Waals surface area contributed by atoms with E-state index in [2.05, 4.69) is 17.1 Å². The number of hydrogen-bond donors (Lipinski definition) is 1. The molecular formula is C15H18ClN3OS. The van der Waals surface area contributed by atoms with Crippen LogP contribution in [0.25, 0.3) is 0 Å². The van der Waals surface area contributed by atoms with Crippen LogP contribution in [-0.4, -0.2) is 22.3 Å². The summed E-state index contributed by atoms with van der Waals surface area (Å²) in [5.74, 6) is 0.0207. The molecule has 0 saturated carbocycles. The van der Waals surface area contributed by atoms with E-state index in [1.807, 2.05) is 28.5 Å². The fraction of sp³-hybridized carbons (Fsp3) is 0.333. The Morgan fingerprint density at radius 1 is 1.38 bits per heavy atom. The molecule has 1 unspecified atom stereocenters. The molecule has 1 aliphatic rings. The maximum Gasteiger partial charge on any atom is 0.273 e. The third-order valence-electron chi connectivity index (χ3n) is 3.64. The normalized spacial score (nSPS) is 17.6. The number of amides is 1. The third-order valence-corrected chi connectivity index (χ3v) is 4.51. The molecule has 6 heteroatoms. The third kappa shape index (κ3) is 3.26. The van der Waals surface area contributed by atoms with Crippen LogP contribution < -0.4 is 5.73 Å². The van der Waals surface area contributed by atoms with Gasteiger partial charge in [0.15, 0.2) is 0 Å². The summed E-state index contributed by atoms with van der Waals surface area (Å²) < 4.78 is 0. The number of benzene rings is 1. The summed E-state index contributed by atoms with van der Waals surface area (Å²) in [6.07, 6.45) is 2.06. The lowest BCUT2D eigenvalue weighted by Gasteiger charge is -2.24. The average Bonchev–Trinajstić information content (AvgIpc) is 3.16. The summed E-state index contributed by atoms with van der Waals surface area (Å²) in [5, 5.41) is 2.62. The van der Waals surface area contributed by atoms with Crippen LogP contribution in [0.1, 0.15) is 39.9 Å². The molecule has 1 aromatic carbocycles. The smallest absolute Gasteiger partial charge is 0.273 e. The molecule has 3 rings (SSSR count). The second kappa shape index (κ2) is 7.02. The van der Waals surface area contributed by atoms with Crippen molar-refractivity contribution in [3.8, 4) is 0 Å². The number of thiazole rings is 1. The molecule has 0 radical (unpaired) electrons. The van der Waals surface area contributed by atoms with Gasteiger partial charge in [-0.3, -0.25) is 4.79 Å². The van der Waals surface area contributed by atoms with Gasteiger partial charge in [0, 0.05) is 18.5 Å². The second-order valence-electron chi connectivity index (χ2n) is 4.90. The highest BCUT2D eigenvalue weighted by molar-refractivity contribution is 7.09. The van der Waals surface area contributed by atoms with Crippen molar-refractivity contribution in [1.29, 1.82) is 0 Å². The van der Waals surface area contributed by atoms with Gasteiger partial charge in [0.25, 0.3) is 5.91 Å². The Labute approximate surface area is 134 Å². The Kier molecular flexibility index (Phi) is 5.33. The zero-order valence-electron chi connectivity index (χ0n) is 11.6. The summed E-state index contributed by atoms with van der Waals surface area (Å²) >= 11 is 1.45. The highest BCUT2D eigenvalue weighted by Gasteiger charge is 2.31. The minimum atomic E-state index is 0. The van der Waals surface area contributed by atoms with Crippen LogP contribution >= 0.6 is 23.7 Å². The van der Waals surface area contributed by atoms with E-state index in [1.54, 1.807) is 0 Å². The largest absolute Gasteiger partial charge is 0.330 e. The number of hydrogen-bond acceptors (Lipinski definition) is 4. The molecular weight excluding hydrogens is 306 g/mol. The Morgan fingerprint density at radius 2 is 2.14 bits per heavy atom. The highest BCUT2D eigenvalue weighted by atomic mass is 35.5. The van der Waals surface area contributed by atoms with Gasteiger partial charge in [-0.1, -0.05) is 30.3 Å². The maximum absolute atomic E-state index is 12.6. The van der Waals surface area contributed by atoms with Gasteiger partial charge < -0.3 is 10.6 Å². The molecule has 21 heavy (non-hydrogen) atoms. The number of carbonyl (C=O) groups is 1. The topological polar surface area (TPSA) is 59.2 Å². The Hall–Kier alpha value is -1.43. The van der Waals surface area contributed by atoms with Gasteiger partial charge in [0.05, 0.1) is 6.04 Å². The van der Waals surface area contributed by atoms with Crippen LogP contribution in [0.5, 0.6) is 0 Å². The van der Waals surface area contributed by atoms with Crippen molar-refractivity contribution in [2.24, 2.45) is 5.73 Å². The molecule has 0 bridgehead atoms. The minimum absolute atomic E-state index is 0. The molecule has 2 heterocycles. The Morgan fingerprint density at radius 3 is 2.81 bits per heavy atom. The van der Waals surface area contributed by atoms with Gasteiger partial charge in [-0.05, 0) is 18.4 Å². The summed E-state index contributed by atoms with van der Waals surface area (Å²) in [6.45, 7) is 1.19. The number of nitrogens with two attached hydrogens (primary N) is 1. The van der Waals surface area contributed by atoms with E-state index in [0.717, 1.165) is 24.4 Å². The lowest BCUT2D eigenvalue weighted by atomic mass is 10.0. The molecule has 2 aromatic rings. The molecule has 0 aliphatic carbocycles. The second-order valence-corrected chi connectivity index (χ2v) is 5.84. The number of nitrogens with zero attached hydrogens (tertiary/aromatic N) is 2. The van der Waals surface area contributed by atoms with Crippen molar-refractivity contribution < 1.29 is 4.79 Å². The molecule has 1 amide bonds. The number of carbonyl (C=O) groups excluding carboxylic acids is 1. The van der Waals surface area contributed by atoms with Crippen LogP contribution in [-0.2, 0) is 6.54 Å². The van der Waals surface area contributed by atoms with Crippen molar-refractivity contribution in [2.45, 2.75) is 25.4 Å². The van der Waals surface area contributed by atoms with Gasteiger partial charge in [-0.2, -0.15) is 0 Å². The number of rotatable bonds is 3. The van der Waals surface area contributed by atoms with Gasteiger partial charge in [-0.15, -0.1) is 23.7 Å². The summed E-state index contributed by atoms with van der Waals surface area (Å²) in [5.41, 5.74) is 7.29. The van der Waals surface area contributed by atoms with E-state index in [0.29, 0.717) is 12.2 Å². The highest BCUT2D eigenvalue weighted by Crippen LogP contribution is 2.33. The van der Waals surface area contributed by atoms with Crippen LogP contribution in [0, 0.1) is 0 Å². The predicted molar refractivity (Wildman–Crippen MR) is 86.7 cm³/mol. The number of aromatic nitrogens is 1. The van der Waals surface area contributed by atoms with Crippen LogP contribution in [0.15, 0.2) is 35.7 Å². The van der Waals surface area contributed by atoms with Gasteiger partial charge >= 0.3 is 0 Å². The van der Waals surface area contributed by atoms with Crippen molar-refractivity contribution >= 4 is 29.7 Å². The predicted octanol–water partition coefficient (Wildman–Crippen LogP) is 3.00. The van der Waals surface area contributed by atoms with E-state index in [-0.39, 0.29) is 24.4 Å². The fourth-order valence-corrected chi connectivity index (χ4v) is 3.33. The van der Waals surface area contributed by atoms with Gasteiger partial charge in [0.1, 0.15) is 10.7 Å². The van der Waals surface area contributed by atoms with Crippen molar-refractivity contribution in [3.63, 3.8) is 0 Å². The first-order valence-corrected chi connectivity index (χ1v) is 7.68. The van der Waals surface area contributed by atoms with Crippen LogP contribution in [0.4, 0.5) is 0 Å². The Bertz CT molecular complexity index is 602. The van der Waals surface area contributed by atoms with E-state index in [1.165, 1.54) is 16.9 Å². The van der Waals surface area contributed by atoms with Crippen molar-refractivity contribution in [3.05, 3.63) is 52.0 Å². The Balaban J connectivity index is 0.00000161. The molecule has 1 atom stereocenters. The lowest BCUT2D eigenvalue weighted by molar-refractivity contribution is 0.0730. The lowest BCUT2D eigenvalue weighted by Crippen LogP contribution is -2.30.